The molecule has 5 rings (SSSR count). The summed E-state index contributed by atoms with van der Waals surface area (Å²) in [6.07, 6.45) is -3.77. The second kappa shape index (κ2) is 7.96. The summed E-state index contributed by atoms with van der Waals surface area (Å²) < 4.78 is 48.7. The summed E-state index contributed by atoms with van der Waals surface area (Å²) in [5.74, 6) is 0.239. The van der Waals surface area contributed by atoms with Gasteiger partial charge in [0.2, 0.25) is 11.5 Å². The molecule has 0 bridgehead atoms. The quantitative estimate of drug-likeness (QED) is 0.388. The summed E-state index contributed by atoms with van der Waals surface area (Å²) in [4.78, 5) is 13.8. The summed E-state index contributed by atoms with van der Waals surface area (Å²) >= 11 is 12.0. The highest BCUT2D eigenvalue weighted by molar-refractivity contribution is 6.34. The van der Waals surface area contributed by atoms with Crippen molar-refractivity contribution in [1.29, 1.82) is 0 Å². The summed E-state index contributed by atoms with van der Waals surface area (Å²) in [6.45, 7) is 0.663. The number of alkyl halides is 3. The Hall–Kier alpha value is -2.70. The molecule has 3 nitrogen and oxygen atoms in total. The molecule has 2 heterocycles. The number of rotatable bonds is 3. The van der Waals surface area contributed by atoms with Crippen LogP contribution in [-0.4, -0.2) is 18.6 Å². The Kier molecular flexibility index (Phi) is 5.33. The maximum atomic E-state index is 14.4. The number of hydrogen-bond donors (Lipinski definition) is 0. The van der Waals surface area contributed by atoms with Crippen LogP contribution in [-0.2, 0) is 16.8 Å². The molecule has 0 spiro atoms. The third-order valence-corrected chi connectivity index (χ3v) is 6.57. The number of halogens is 5. The fourth-order valence-corrected chi connectivity index (χ4v) is 5.06. The van der Waals surface area contributed by atoms with Gasteiger partial charge in [-0.1, -0.05) is 41.4 Å². The van der Waals surface area contributed by atoms with E-state index in [1.807, 2.05) is 24.3 Å². The fraction of sp³-hybridized carbons (Fsp3) is 0.240. The van der Waals surface area contributed by atoms with Gasteiger partial charge in [-0.3, -0.25) is 4.79 Å². The molecule has 2 aliphatic heterocycles. The predicted molar refractivity (Wildman–Crippen MR) is 122 cm³/mol. The van der Waals surface area contributed by atoms with Crippen molar-refractivity contribution < 1.29 is 22.7 Å². The Bertz CT molecular complexity index is 1240. The number of nitrogens with zero attached hydrogens (tertiary/aromatic N) is 1. The van der Waals surface area contributed by atoms with Gasteiger partial charge in [-0.25, -0.2) is 0 Å². The number of amides is 1. The highest BCUT2D eigenvalue weighted by atomic mass is 35.5. The lowest BCUT2D eigenvalue weighted by Crippen LogP contribution is -2.46. The van der Waals surface area contributed by atoms with Crippen LogP contribution in [0.2, 0.25) is 10.0 Å². The van der Waals surface area contributed by atoms with Gasteiger partial charge < -0.3 is 9.64 Å². The zero-order chi connectivity index (χ0) is 23.4. The maximum absolute atomic E-state index is 14.4. The molecule has 1 unspecified atom stereocenters. The molecular weight excluding hydrogens is 474 g/mol. The first-order chi connectivity index (χ1) is 15.7. The minimum Gasteiger partial charge on any atom is -0.472 e. The first-order valence-corrected chi connectivity index (χ1v) is 11.2. The van der Waals surface area contributed by atoms with E-state index in [9.17, 15) is 18.0 Å². The zero-order valence-electron chi connectivity index (χ0n) is 17.3. The summed E-state index contributed by atoms with van der Waals surface area (Å²) in [7, 11) is 0. The van der Waals surface area contributed by atoms with E-state index < -0.39 is 18.2 Å². The van der Waals surface area contributed by atoms with Crippen LogP contribution in [0, 0.1) is 0 Å². The number of fused-ring (bicyclic) bond motifs is 1. The number of ether oxygens (including phenoxy) is 1. The molecule has 2 aliphatic rings. The van der Waals surface area contributed by atoms with Crippen LogP contribution in [0.5, 0.6) is 5.75 Å². The number of hydrogen-bond acceptors (Lipinski definition) is 2. The molecule has 1 fully saturated rings. The second-order valence-corrected chi connectivity index (χ2v) is 9.16. The van der Waals surface area contributed by atoms with E-state index >= 15 is 0 Å². The topological polar surface area (TPSA) is 29.5 Å². The van der Waals surface area contributed by atoms with Crippen molar-refractivity contribution in [1.82, 2.24) is 0 Å². The summed E-state index contributed by atoms with van der Waals surface area (Å²) in [5.41, 5.74) is 0.0540. The maximum Gasteiger partial charge on any atom is 0.432 e. The van der Waals surface area contributed by atoms with Crippen molar-refractivity contribution in [3.8, 4) is 16.9 Å². The van der Waals surface area contributed by atoms with Crippen LogP contribution in [0.4, 0.5) is 18.9 Å². The van der Waals surface area contributed by atoms with E-state index in [-0.39, 0.29) is 27.3 Å². The average Bonchev–Trinajstić information content (AvgIpc) is 3.36. The lowest BCUT2D eigenvalue weighted by Gasteiger charge is -2.31. The molecule has 1 amide bonds. The van der Waals surface area contributed by atoms with E-state index in [1.54, 1.807) is 23.1 Å². The number of carbonyl (C=O) groups excluding carboxylic acids is 1. The Balaban J connectivity index is 1.53. The van der Waals surface area contributed by atoms with Gasteiger partial charge >= 0.3 is 6.18 Å². The van der Waals surface area contributed by atoms with Crippen molar-refractivity contribution in [3.05, 3.63) is 81.8 Å². The molecule has 3 aromatic rings. The average molecular weight is 492 g/mol. The van der Waals surface area contributed by atoms with E-state index in [2.05, 4.69) is 0 Å². The molecule has 3 aromatic carbocycles. The summed E-state index contributed by atoms with van der Waals surface area (Å²) in [5, 5.41) is 0.212. The Morgan fingerprint density at radius 1 is 0.939 bits per heavy atom. The fourth-order valence-electron chi connectivity index (χ4n) is 4.53. The number of carbonyl (C=O) groups is 1. The lowest BCUT2D eigenvalue weighted by atomic mass is 9.87. The first kappa shape index (κ1) is 22.1. The van der Waals surface area contributed by atoms with E-state index in [1.165, 1.54) is 18.2 Å². The standard InChI is InChI=1S/C25H18Cl2F3NO2/c26-19-11-18(12-20(27)13-19)24(25(28,29)30)14-17-9-16(6-7-22(17)33-24)15-3-1-4-21(10-15)31-8-2-5-23(31)32/h1,3-4,6-7,9-13H,2,5,8,14H2. The van der Waals surface area contributed by atoms with Gasteiger partial charge in [0.05, 0.1) is 0 Å². The molecule has 170 valence electrons. The van der Waals surface area contributed by atoms with Crippen molar-refractivity contribution in [3.63, 3.8) is 0 Å². The third-order valence-electron chi connectivity index (χ3n) is 6.14. The van der Waals surface area contributed by atoms with Gasteiger partial charge in [0.15, 0.2) is 0 Å². The van der Waals surface area contributed by atoms with Crippen molar-refractivity contribution in [2.45, 2.75) is 31.0 Å². The molecule has 1 saturated heterocycles. The van der Waals surface area contributed by atoms with Crippen LogP contribution < -0.4 is 9.64 Å². The molecule has 33 heavy (non-hydrogen) atoms. The Morgan fingerprint density at radius 2 is 1.67 bits per heavy atom. The van der Waals surface area contributed by atoms with E-state index in [4.69, 9.17) is 27.9 Å². The molecule has 0 radical (unpaired) electrons. The van der Waals surface area contributed by atoms with Gasteiger partial charge in [-0.05, 0) is 65.6 Å². The molecule has 0 saturated carbocycles. The predicted octanol–water partition coefficient (Wildman–Crippen LogP) is 7.18. The lowest BCUT2D eigenvalue weighted by molar-refractivity contribution is -0.248. The van der Waals surface area contributed by atoms with Crippen LogP contribution in [0.25, 0.3) is 11.1 Å². The normalized spacial score (nSPS) is 20.2. The minimum absolute atomic E-state index is 0.0737. The Labute approximate surface area is 198 Å². The third kappa shape index (κ3) is 3.85. The van der Waals surface area contributed by atoms with E-state index in [0.29, 0.717) is 18.5 Å². The van der Waals surface area contributed by atoms with Gasteiger partial charge in [-0.15, -0.1) is 0 Å². The van der Waals surface area contributed by atoms with Crippen LogP contribution in [0.3, 0.4) is 0 Å². The van der Waals surface area contributed by atoms with Crippen LogP contribution >= 0.6 is 23.2 Å². The molecule has 1 atom stereocenters. The van der Waals surface area contributed by atoms with Gasteiger partial charge in [0.25, 0.3) is 0 Å². The van der Waals surface area contributed by atoms with Gasteiger partial charge in [-0.2, -0.15) is 13.2 Å². The van der Waals surface area contributed by atoms with Gasteiger partial charge in [0.1, 0.15) is 5.75 Å². The van der Waals surface area contributed by atoms with Crippen LogP contribution in [0.15, 0.2) is 60.7 Å². The van der Waals surface area contributed by atoms with Crippen molar-refractivity contribution >= 4 is 34.8 Å². The zero-order valence-corrected chi connectivity index (χ0v) is 18.8. The van der Waals surface area contributed by atoms with Crippen LogP contribution in [0.1, 0.15) is 24.0 Å². The first-order valence-electron chi connectivity index (χ1n) is 10.4. The van der Waals surface area contributed by atoms with Crippen molar-refractivity contribution in [2.75, 3.05) is 11.4 Å². The number of benzene rings is 3. The summed E-state index contributed by atoms with van der Waals surface area (Å²) in [6, 6.07) is 16.3. The highest BCUT2D eigenvalue weighted by Crippen LogP contribution is 2.52. The SMILES string of the molecule is O=C1CCCN1c1cccc(-c2ccc3c(c2)CC(c2cc(Cl)cc(Cl)c2)(C(F)(F)F)O3)c1. The molecule has 0 N–H and O–H groups in total. The number of anilines is 1. The molecule has 0 aliphatic carbocycles. The molecule has 8 heteroatoms. The van der Waals surface area contributed by atoms with Crippen molar-refractivity contribution in [2.24, 2.45) is 0 Å². The molecule has 0 aromatic heterocycles. The van der Waals surface area contributed by atoms with E-state index in [0.717, 1.165) is 23.2 Å². The monoisotopic (exact) mass is 491 g/mol. The molecular formula is C25H18Cl2F3NO2. The highest BCUT2D eigenvalue weighted by Gasteiger charge is 2.61. The largest absolute Gasteiger partial charge is 0.472 e. The minimum atomic E-state index is -4.70. The second-order valence-electron chi connectivity index (χ2n) is 8.28. The van der Waals surface area contributed by atoms with Gasteiger partial charge in [0, 0.05) is 40.7 Å². The smallest absolute Gasteiger partial charge is 0.432 e. The Morgan fingerprint density at radius 3 is 2.33 bits per heavy atom.